The second-order valence-electron chi connectivity index (χ2n) is 6.28. The Morgan fingerprint density at radius 3 is 2.14 bits per heavy atom. The molecule has 140 valence electrons. The highest BCUT2D eigenvalue weighted by Crippen LogP contribution is 2.18. The standard InChI is InChI=1S/C22H19N3O3/c1-14(26)16-6-8-19(9-7-16)25-22(28)18-10-11-23-21(13-18)24-20-5-3-4-17(12-20)15(2)27/h3-13H,1-2H3,(H,23,24)(H,25,28). The van der Waals surface area contributed by atoms with Crippen LogP contribution in [0.25, 0.3) is 0 Å². The van der Waals surface area contributed by atoms with Crippen LogP contribution in [0.2, 0.25) is 0 Å². The number of nitrogens with zero attached hydrogens (tertiary/aromatic N) is 1. The van der Waals surface area contributed by atoms with Crippen LogP contribution in [0, 0.1) is 0 Å². The van der Waals surface area contributed by atoms with Crippen molar-refractivity contribution in [3.05, 3.63) is 83.6 Å². The molecular formula is C22H19N3O3. The molecule has 0 saturated heterocycles. The summed E-state index contributed by atoms with van der Waals surface area (Å²) in [5.41, 5.74) is 2.90. The lowest BCUT2D eigenvalue weighted by molar-refractivity contribution is 0.100. The highest BCUT2D eigenvalue weighted by molar-refractivity contribution is 6.05. The molecule has 1 heterocycles. The lowest BCUT2D eigenvalue weighted by Crippen LogP contribution is -2.12. The summed E-state index contributed by atoms with van der Waals surface area (Å²) >= 11 is 0. The topological polar surface area (TPSA) is 88.2 Å². The van der Waals surface area contributed by atoms with Gasteiger partial charge in [-0.25, -0.2) is 4.98 Å². The van der Waals surface area contributed by atoms with E-state index in [9.17, 15) is 14.4 Å². The Morgan fingerprint density at radius 2 is 1.46 bits per heavy atom. The van der Waals surface area contributed by atoms with Gasteiger partial charge in [0.05, 0.1) is 0 Å². The van der Waals surface area contributed by atoms with Crippen molar-refractivity contribution in [2.75, 3.05) is 10.6 Å². The van der Waals surface area contributed by atoms with Gasteiger partial charge in [0.2, 0.25) is 0 Å². The van der Waals surface area contributed by atoms with Gasteiger partial charge in [-0.05, 0) is 62.4 Å². The van der Waals surface area contributed by atoms with Crippen LogP contribution in [0.1, 0.15) is 44.9 Å². The van der Waals surface area contributed by atoms with Gasteiger partial charge in [0.15, 0.2) is 11.6 Å². The smallest absolute Gasteiger partial charge is 0.255 e. The Labute approximate surface area is 162 Å². The lowest BCUT2D eigenvalue weighted by atomic mass is 10.1. The van der Waals surface area contributed by atoms with E-state index < -0.39 is 0 Å². The Balaban J connectivity index is 1.73. The zero-order chi connectivity index (χ0) is 20.1. The fourth-order valence-electron chi connectivity index (χ4n) is 2.60. The number of benzene rings is 2. The van der Waals surface area contributed by atoms with E-state index in [0.717, 1.165) is 0 Å². The molecule has 6 nitrogen and oxygen atoms in total. The molecule has 0 bridgehead atoms. The number of hydrogen-bond donors (Lipinski definition) is 2. The summed E-state index contributed by atoms with van der Waals surface area (Å²) in [5, 5.41) is 5.89. The van der Waals surface area contributed by atoms with Crippen molar-refractivity contribution in [1.82, 2.24) is 4.98 Å². The second-order valence-corrected chi connectivity index (χ2v) is 6.28. The molecular weight excluding hydrogens is 354 g/mol. The number of ketones is 2. The number of rotatable bonds is 6. The number of aromatic nitrogens is 1. The van der Waals surface area contributed by atoms with Gasteiger partial charge in [-0.3, -0.25) is 14.4 Å². The molecule has 0 fully saturated rings. The monoisotopic (exact) mass is 373 g/mol. The predicted molar refractivity (Wildman–Crippen MR) is 108 cm³/mol. The number of anilines is 3. The molecule has 0 radical (unpaired) electrons. The minimum atomic E-state index is -0.293. The maximum Gasteiger partial charge on any atom is 0.255 e. The van der Waals surface area contributed by atoms with Gasteiger partial charge in [0.25, 0.3) is 5.91 Å². The van der Waals surface area contributed by atoms with Crippen molar-refractivity contribution < 1.29 is 14.4 Å². The van der Waals surface area contributed by atoms with Crippen LogP contribution in [0.5, 0.6) is 0 Å². The van der Waals surface area contributed by atoms with E-state index in [1.54, 1.807) is 54.6 Å². The first kappa shape index (κ1) is 19.0. The number of amides is 1. The van der Waals surface area contributed by atoms with Gasteiger partial charge in [-0.15, -0.1) is 0 Å². The molecule has 28 heavy (non-hydrogen) atoms. The van der Waals surface area contributed by atoms with E-state index in [1.165, 1.54) is 20.0 Å². The summed E-state index contributed by atoms with van der Waals surface area (Å²) in [7, 11) is 0. The van der Waals surface area contributed by atoms with E-state index in [-0.39, 0.29) is 17.5 Å². The molecule has 0 aliphatic rings. The summed E-state index contributed by atoms with van der Waals surface area (Å²) in [5.74, 6) is 0.135. The van der Waals surface area contributed by atoms with Gasteiger partial charge >= 0.3 is 0 Å². The highest BCUT2D eigenvalue weighted by Gasteiger charge is 2.09. The van der Waals surface area contributed by atoms with E-state index >= 15 is 0 Å². The van der Waals surface area contributed by atoms with Crippen LogP contribution >= 0.6 is 0 Å². The SMILES string of the molecule is CC(=O)c1ccc(NC(=O)c2ccnc(Nc3cccc(C(C)=O)c3)c2)cc1. The number of hydrogen-bond acceptors (Lipinski definition) is 5. The molecule has 3 rings (SSSR count). The zero-order valence-corrected chi connectivity index (χ0v) is 15.5. The fourth-order valence-corrected chi connectivity index (χ4v) is 2.60. The van der Waals surface area contributed by atoms with Crippen molar-refractivity contribution in [2.45, 2.75) is 13.8 Å². The molecule has 0 aliphatic carbocycles. The first-order chi connectivity index (χ1) is 13.4. The van der Waals surface area contributed by atoms with Gasteiger partial charge in [0.1, 0.15) is 5.82 Å². The minimum Gasteiger partial charge on any atom is -0.340 e. The highest BCUT2D eigenvalue weighted by atomic mass is 16.1. The summed E-state index contributed by atoms with van der Waals surface area (Å²) in [6.07, 6.45) is 1.53. The number of pyridine rings is 1. The van der Waals surface area contributed by atoms with Gasteiger partial charge in [-0.1, -0.05) is 12.1 Å². The third-order valence-corrected chi connectivity index (χ3v) is 4.11. The number of carbonyl (C=O) groups excluding carboxylic acids is 3. The Hall–Kier alpha value is -3.80. The molecule has 6 heteroatoms. The maximum absolute atomic E-state index is 12.5. The van der Waals surface area contributed by atoms with Gasteiger partial charge < -0.3 is 10.6 Å². The van der Waals surface area contributed by atoms with Crippen LogP contribution in [-0.4, -0.2) is 22.5 Å². The second kappa shape index (κ2) is 8.26. The third kappa shape index (κ3) is 4.67. The van der Waals surface area contributed by atoms with Crippen LogP contribution in [-0.2, 0) is 0 Å². The van der Waals surface area contributed by atoms with Crippen molar-refractivity contribution >= 4 is 34.7 Å². The quantitative estimate of drug-likeness (QED) is 0.622. The molecule has 0 saturated carbocycles. The van der Waals surface area contributed by atoms with E-state index in [2.05, 4.69) is 15.6 Å². The van der Waals surface area contributed by atoms with Crippen molar-refractivity contribution in [3.8, 4) is 0 Å². The van der Waals surface area contributed by atoms with E-state index in [0.29, 0.717) is 33.9 Å². The Morgan fingerprint density at radius 1 is 0.750 bits per heavy atom. The molecule has 0 atom stereocenters. The molecule has 1 amide bonds. The lowest BCUT2D eigenvalue weighted by Gasteiger charge is -2.09. The molecule has 2 aromatic carbocycles. The third-order valence-electron chi connectivity index (χ3n) is 4.11. The molecule has 3 aromatic rings. The molecule has 0 aliphatic heterocycles. The van der Waals surface area contributed by atoms with Crippen LogP contribution in [0.3, 0.4) is 0 Å². The Kier molecular flexibility index (Phi) is 5.60. The summed E-state index contributed by atoms with van der Waals surface area (Å²) in [6, 6.07) is 17.0. The summed E-state index contributed by atoms with van der Waals surface area (Å²) < 4.78 is 0. The summed E-state index contributed by atoms with van der Waals surface area (Å²) in [4.78, 5) is 39.6. The van der Waals surface area contributed by atoms with Crippen molar-refractivity contribution in [2.24, 2.45) is 0 Å². The largest absolute Gasteiger partial charge is 0.340 e. The zero-order valence-electron chi connectivity index (χ0n) is 15.5. The predicted octanol–water partition coefficient (Wildman–Crippen LogP) is 4.48. The number of carbonyl (C=O) groups is 3. The summed E-state index contributed by atoms with van der Waals surface area (Å²) in [6.45, 7) is 3.00. The first-order valence-corrected chi connectivity index (χ1v) is 8.69. The van der Waals surface area contributed by atoms with Gasteiger partial charge in [-0.2, -0.15) is 0 Å². The van der Waals surface area contributed by atoms with Crippen LogP contribution < -0.4 is 10.6 Å². The van der Waals surface area contributed by atoms with Gasteiger partial charge in [0, 0.05) is 34.3 Å². The van der Waals surface area contributed by atoms with Crippen molar-refractivity contribution in [3.63, 3.8) is 0 Å². The normalized spacial score (nSPS) is 10.2. The van der Waals surface area contributed by atoms with Crippen LogP contribution in [0.15, 0.2) is 66.9 Å². The van der Waals surface area contributed by atoms with Crippen LogP contribution in [0.4, 0.5) is 17.2 Å². The maximum atomic E-state index is 12.5. The first-order valence-electron chi connectivity index (χ1n) is 8.69. The van der Waals surface area contributed by atoms with Crippen molar-refractivity contribution in [1.29, 1.82) is 0 Å². The number of Topliss-reactive ketones (excluding diaryl/α,β-unsaturated/α-hetero) is 2. The molecule has 0 spiro atoms. The minimum absolute atomic E-state index is 0.0273. The average Bonchev–Trinajstić information content (AvgIpc) is 2.69. The van der Waals surface area contributed by atoms with E-state index in [1.807, 2.05) is 6.07 Å². The van der Waals surface area contributed by atoms with E-state index in [4.69, 9.17) is 0 Å². The number of nitrogens with one attached hydrogen (secondary N) is 2. The Bertz CT molecular complexity index is 1040. The molecule has 0 unspecified atom stereocenters. The fraction of sp³-hybridized carbons (Fsp3) is 0.0909. The molecule has 2 N–H and O–H groups in total. The average molecular weight is 373 g/mol. The molecule has 1 aromatic heterocycles.